The van der Waals surface area contributed by atoms with Gasteiger partial charge in [-0.05, 0) is 38.0 Å². The van der Waals surface area contributed by atoms with Gasteiger partial charge in [0.05, 0.1) is 12.7 Å². The zero-order chi connectivity index (χ0) is 17.0. The number of hydrogen-bond acceptors (Lipinski definition) is 6. The summed E-state index contributed by atoms with van der Waals surface area (Å²) >= 11 is 0. The molecule has 0 N–H and O–H groups in total. The van der Waals surface area contributed by atoms with Crippen LogP contribution in [0, 0.1) is 11.3 Å². The van der Waals surface area contributed by atoms with Gasteiger partial charge < -0.3 is 9.47 Å². The standard InChI is InChI=1S/C15H18N2O5S/c1-11(10-16)22-15(18)12-5-6-13(21-2)14(9-12)23(19,20)17-7-3-4-8-17/h5-6,9,11H,3-4,7-8H2,1-2H3/t11-/m1/s1. The SMILES string of the molecule is COc1ccc(C(=O)O[C@H](C)C#N)cc1S(=O)(=O)N1CCCC1. The molecule has 23 heavy (non-hydrogen) atoms. The van der Waals surface area contributed by atoms with Gasteiger partial charge in [0.15, 0.2) is 6.10 Å². The predicted molar refractivity (Wildman–Crippen MR) is 81.5 cm³/mol. The fraction of sp³-hybridized carbons (Fsp3) is 0.467. The number of benzene rings is 1. The van der Waals surface area contributed by atoms with E-state index < -0.39 is 22.1 Å². The van der Waals surface area contributed by atoms with E-state index in [1.54, 1.807) is 6.07 Å². The Morgan fingerprint density at radius 3 is 2.57 bits per heavy atom. The Hall–Kier alpha value is -2.11. The van der Waals surface area contributed by atoms with Crippen LogP contribution in [0.3, 0.4) is 0 Å². The summed E-state index contributed by atoms with van der Waals surface area (Å²) in [6.45, 7) is 2.33. The van der Waals surface area contributed by atoms with Gasteiger partial charge in [-0.1, -0.05) is 0 Å². The zero-order valence-corrected chi connectivity index (χ0v) is 13.8. The van der Waals surface area contributed by atoms with Crippen LogP contribution in [-0.4, -0.2) is 45.0 Å². The molecule has 1 heterocycles. The highest BCUT2D eigenvalue weighted by Crippen LogP contribution is 2.30. The van der Waals surface area contributed by atoms with Crippen LogP contribution in [0.4, 0.5) is 0 Å². The van der Waals surface area contributed by atoms with Crippen LogP contribution in [0.5, 0.6) is 5.75 Å². The predicted octanol–water partition coefficient (Wildman–Crippen LogP) is 1.55. The highest BCUT2D eigenvalue weighted by molar-refractivity contribution is 7.89. The third-order valence-electron chi connectivity index (χ3n) is 3.55. The molecule has 0 aliphatic carbocycles. The van der Waals surface area contributed by atoms with Gasteiger partial charge in [-0.15, -0.1) is 0 Å². The molecule has 1 atom stereocenters. The van der Waals surface area contributed by atoms with Crippen molar-refractivity contribution in [2.45, 2.75) is 30.8 Å². The second-order valence-corrected chi connectivity index (χ2v) is 7.06. The molecule has 7 nitrogen and oxygen atoms in total. The fourth-order valence-electron chi connectivity index (χ4n) is 2.33. The first-order valence-corrected chi connectivity index (χ1v) is 8.63. The second-order valence-electron chi connectivity index (χ2n) is 5.15. The van der Waals surface area contributed by atoms with E-state index in [9.17, 15) is 13.2 Å². The molecular weight excluding hydrogens is 320 g/mol. The van der Waals surface area contributed by atoms with Gasteiger partial charge in [-0.2, -0.15) is 9.57 Å². The molecule has 0 saturated carbocycles. The highest BCUT2D eigenvalue weighted by atomic mass is 32.2. The lowest BCUT2D eigenvalue weighted by molar-refractivity contribution is 0.0435. The zero-order valence-electron chi connectivity index (χ0n) is 13.0. The Balaban J connectivity index is 2.40. The van der Waals surface area contributed by atoms with E-state index in [1.807, 2.05) is 0 Å². The maximum Gasteiger partial charge on any atom is 0.339 e. The molecule has 1 aliphatic rings. The maximum atomic E-state index is 12.7. The third-order valence-corrected chi connectivity index (χ3v) is 5.47. The average molecular weight is 338 g/mol. The van der Waals surface area contributed by atoms with E-state index in [0.29, 0.717) is 13.1 Å². The van der Waals surface area contributed by atoms with Gasteiger partial charge in [-0.25, -0.2) is 13.2 Å². The second kappa shape index (κ2) is 6.98. The molecule has 0 unspecified atom stereocenters. The van der Waals surface area contributed by atoms with E-state index in [-0.39, 0.29) is 16.2 Å². The fourth-order valence-corrected chi connectivity index (χ4v) is 4.03. The largest absolute Gasteiger partial charge is 0.495 e. The van der Waals surface area contributed by atoms with Crippen molar-refractivity contribution in [2.75, 3.05) is 20.2 Å². The van der Waals surface area contributed by atoms with E-state index in [2.05, 4.69) is 0 Å². The average Bonchev–Trinajstić information content (AvgIpc) is 3.09. The van der Waals surface area contributed by atoms with Crippen molar-refractivity contribution < 1.29 is 22.7 Å². The van der Waals surface area contributed by atoms with Gasteiger partial charge in [0, 0.05) is 13.1 Å². The number of esters is 1. The number of rotatable bonds is 5. The molecule has 1 aromatic rings. The molecule has 1 fully saturated rings. The van der Waals surface area contributed by atoms with Crippen LogP contribution in [0.1, 0.15) is 30.1 Å². The van der Waals surface area contributed by atoms with E-state index >= 15 is 0 Å². The number of nitrogens with zero attached hydrogens (tertiary/aromatic N) is 2. The Morgan fingerprint density at radius 1 is 1.35 bits per heavy atom. The quantitative estimate of drug-likeness (QED) is 0.756. The molecule has 0 spiro atoms. The Bertz CT molecular complexity index is 733. The van der Waals surface area contributed by atoms with Crippen molar-refractivity contribution in [3.05, 3.63) is 23.8 Å². The highest BCUT2D eigenvalue weighted by Gasteiger charge is 2.31. The van der Waals surface area contributed by atoms with Gasteiger partial charge in [0.25, 0.3) is 0 Å². The molecule has 0 radical (unpaired) electrons. The molecule has 0 aromatic heterocycles. The molecule has 0 bridgehead atoms. The van der Waals surface area contributed by atoms with E-state index in [0.717, 1.165) is 12.8 Å². The molecule has 1 aliphatic heterocycles. The first-order chi connectivity index (χ1) is 10.9. The summed E-state index contributed by atoms with van der Waals surface area (Å²) in [5.74, 6) is -0.582. The Morgan fingerprint density at radius 2 is 2.00 bits per heavy atom. The minimum absolute atomic E-state index is 0.0608. The number of hydrogen-bond donors (Lipinski definition) is 0. The molecule has 2 rings (SSSR count). The number of sulfonamides is 1. The Kier molecular flexibility index (Phi) is 5.23. The lowest BCUT2D eigenvalue weighted by atomic mass is 10.2. The normalized spacial score (nSPS) is 16.6. The van der Waals surface area contributed by atoms with Gasteiger partial charge in [0.1, 0.15) is 16.7 Å². The van der Waals surface area contributed by atoms with Crippen molar-refractivity contribution >= 4 is 16.0 Å². The van der Waals surface area contributed by atoms with Gasteiger partial charge in [-0.3, -0.25) is 0 Å². The summed E-state index contributed by atoms with van der Waals surface area (Å²) in [4.78, 5) is 11.9. The number of methoxy groups -OCH3 is 1. The summed E-state index contributed by atoms with van der Waals surface area (Å²) in [5, 5.41) is 8.69. The Labute approximate surface area is 135 Å². The number of carbonyl (C=O) groups is 1. The van der Waals surface area contributed by atoms with Crippen LogP contribution in [0.25, 0.3) is 0 Å². The van der Waals surface area contributed by atoms with Crippen molar-refractivity contribution in [2.24, 2.45) is 0 Å². The van der Waals surface area contributed by atoms with Crippen molar-refractivity contribution in [1.82, 2.24) is 4.31 Å². The van der Waals surface area contributed by atoms with Crippen LogP contribution in [-0.2, 0) is 14.8 Å². The minimum Gasteiger partial charge on any atom is -0.495 e. The molecule has 1 saturated heterocycles. The van der Waals surface area contributed by atoms with Gasteiger partial charge in [0.2, 0.25) is 10.0 Å². The van der Waals surface area contributed by atoms with Crippen LogP contribution in [0.2, 0.25) is 0 Å². The summed E-state index contributed by atoms with van der Waals surface area (Å²) in [6.07, 6.45) is 0.703. The van der Waals surface area contributed by atoms with Crippen molar-refractivity contribution in [3.8, 4) is 11.8 Å². The first-order valence-electron chi connectivity index (χ1n) is 7.19. The monoisotopic (exact) mass is 338 g/mol. The number of ether oxygens (including phenoxy) is 2. The van der Waals surface area contributed by atoms with Crippen LogP contribution >= 0.6 is 0 Å². The van der Waals surface area contributed by atoms with Crippen molar-refractivity contribution in [1.29, 1.82) is 5.26 Å². The van der Waals surface area contributed by atoms with Crippen LogP contribution < -0.4 is 4.74 Å². The summed E-state index contributed by atoms with van der Waals surface area (Å²) in [7, 11) is -2.37. The molecule has 0 amide bonds. The summed E-state index contributed by atoms with van der Waals surface area (Å²) in [5.41, 5.74) is 0.0608. The van der Waals surface area contributed by atoms with Crippen molar-refractivity contribution in [3.63, 3.8) is 0 Å². The minimum atomic E-state index is -3.74. The lowest BCUT2D eigenvalue weighted by Crippen LogP contribution is -2.28. The third kappa shape index (κ3) is 3.63. The van der Waals surface area contributed by atoms with Gasteiger partial charge >= 0.3 is 5.97 Å². The number of nitriles is 1. The topological polar surface area (TPSA) is 96.7 Å². The van der Waals surface area contributed by atoms with E-state index in [1.165, 1.54) is 36.5 Å². The van der Waals surface area contributed by atoms with E-state index in [4.69, 9.17) is 14.7 Å². The molecular formula is C15H18N2O5S. The maximum absolute atomic E-state index is 12.7. The molecule has 124 valence electrons. The molecule has 8 heteroatoms. The molecule has 1 aromatic carbocycles. The number of carbonyl (C=O) groups excluding carboxylic acids is 1. The smallest absolute Gasteiger partial charge is 0.339 e. The summed E-state index contributed by atoms with van der Waals surface area (Å²) in [6, 6.07) is 5.84. The lowest BCUT2D eigenvalue weighted by Gasteiger charge is -2.18. The first kappa shape index (κ1) is 17.2. The summed E-state index contributed by atoms with van der Waals surface area (Å²) < 4.78 is 36.8. The van der Waals surface area contributed by atoms with Crippen LogP contribution in [0.15, 0.2) is 23.1 Å².